The normalized spacial score (nSPS) is 10.8. The molecule has 1 N–H and O–H groups in total. The predicted octanol–water partition coefficient (Wildman–Crippen LogP) is 3.84. The molecule has 20 heavy (non-hydrogen) atoms. The minimum atomic E-state index is 0.414. The summed E-state index contributed by atoms with van der Waals surface area (Å²) in [6.07, 6.45) is 5.28. The van der Waals surface area contributed by atoms with Crippen molar-refractivity contribution in [3.05, 3.63) is 46.5 Å². The first-order valence-electron chi connectivity index (χ1n) is 6.52. The van der Waals surface area contributed by atoms with Gasteiger partial charge in [0.1, 0.15) is 11.5 Å². The lowest BCUT2D eigenvalue weighted by Gasteiger charge is -2.13. The first-order chi connectivity index (χ1) is 9.54. The molecule has 0 saturated heterocycles. The van der Waals surface area contributed by atoms with Crippen LogP contribution >= 0.6 is 15.9 Å². The van der Waals surface area contributed by atoms with Crippen molar-refractivity contribution in [2.45, 2.75) is 33.4 Å². The zero-order chi connectivity index (χ0) is 14.5. The molecule has 0 aliphatic rings. The molecule has 0 spiro atoms. The number of hydrogen-bond acceptors (Lipinski definition) is 4. The van der Waals surface area contributed by atoms with Gasteiger partial charge >= 0.3 is 0 Å². The highest BCUT2D eigenvalue weighted by atomic mass is 79.9. The molecular weight excluding hydrogens is 318 g/mol. The van der Waals surface area contributed by atoms with Gasteiger partial charge in [0.15, 0.2) is 0 Å². The fourth-order valence-corrected chi connectivity index (χ4v) is 2.02. The molecule has 0 amide bonds. The summed E-state index contributed by atoms with van der Waals surface area (Å²) in [5.74, 6) is 1.52. The van der Waals surface area contributed by atoms with Crippen molar-refractivity contribution in [2.24, 2.45) is 0 Å². The van der Waals surface area contributed by atoms with Crippen LogP contribution in [0.15, 0.2) is 35.2 Å². The molecule has 2 aromatic heterocycles. The van der Waals surface area contributed by atoms with Crippen LogP contribution in [0, 0.1) is 6.92 Å². The molecule has 4 nitrogen and oxygen atoms in total. The van der Waals surface area contributed by atoms with E-state index >= 15 is 0 Å². The van der Waals surface area contributed by atoms with Gasteiger partial charge < -0.3 is 10.1 Å². The molecule has 106 valence electrons. The number of hydrogen-bond donors (Lipinski definition) is 1. The Morgan fingerprint density at radius 3 is 2.75 bits per heavy atom. The van der Waals surface area contributed by atoms with Gasteiger partial charge in [-0.25, -0.2) is 0 Å². The van der Waals surface area contributed by atoms with Crippen molar-refractivity contribution in [3.8, 4) is 11.5 Å². The summed E-state index contributed by atoms with van der Waals surface area (Å²) in [5, 5.41) is 3.37. The van der Waals surface area contributed by atoms with Gasteiger partial charge in [0.05, 0.1) is 6.20 Å². The smallest absolute Gasteiger partial charge is 0.146 e. The Balaban J connectivity index is 2.22. The third-order valence-electron chi connectivity index (χ3n) is 2.69. The Kier molecular flexibility index (Phi) is 5.09. The van der Waals surface area contributed by atoms with Crippen LogP contribution in [0.2, 0.25) is 0 Å². The van der Waals surface area contributed by atoms with E-state index in [2.05, 4.69) is 45.1 Å². The maximum Gasteiger partial charge on any atom is 0.146 e. The summed E-state index contributed by atoms with van der Waals surface area (Å²) < 4.78 is 6.82. The molecule has 0 aliphatic heterocycles. The van der Waals surface area contributed by atoms with Gasteiger partial charge in [-0.15, -0.1) is 0 Å². The van der Waals surface area contributed by atoms with Crippen molar-refractivity contribution >= 4 is 15.9 Å². The zero-order valence-corrected chi connectivity index (χ0v) is 13.4. The molecule has 0 aromatic carbocycles. The maximum atomic E-state index is 5.93. The minimum Gasteiger partial charge on any atom is -0.455 e. The lowest BCUT2D eigenvalue weighted by molar-refractivity contribution is 0.465. The van der Waals surface area contributed by atoms with Gasteiger partial charge in [-0.3, -0.25) is 9.97 Å². The molecule has 0 bridgehead atoms. The summed E-state index contributed by atoms with van der Waals surface area (Å²) in [6.45, 7) is 6.90. The molecule has 2 aromatic rings. The lowest BCUT2D eigenvalue weighted by atomic mass is 10.2. The predicted molar refractivity (Wildman–Crippen MR) is 83.0 cm³/mol. The van der Waals surface area contributed by atoms with Crippen LogP contribution < -0.4 is 10.1 Å². The van der Waals surface area contributed by atoms with Gasteiger partial charge in [0.2, 0.25) is 0 Å². The molecule has 2 rings (SSSR count). The topological polar surface area (TPSA) is 47.0 Å². The second-order valence-corrected chi connectivity index (χ2v) is 5.83. The van der Waals surface area contributed by atoms with Gasteiger partial charge in [0.25, 0.3) is 0 Å². The van der Waals surface area contributed by atoms with Crippen LogP contribution in [0.5, 0.6) is 11.5 Å². The Labute approximate surface area is 127 Å². The number of aryl methyl sites for hydroxylation is 1. The third kappa shape index (κ3) is 4.28. The Morgan fingerprint density at radius 2 is 2.05 bits per heavy atom. The highest BCUT2D eigenvalue weighted by molar-refractivity contribution is 9.10. The van der Waals surface area contributed by atoms with Crippen LogP contribution in [0.1, 0.15) is 25.1 Å². The van der Waals surface area contributed by atoms with Crippen LogP contribution in [0.4, 0.5) is 0 Å². The van der Waals surface area contributed by atoms with Crippen molar-refractivity contribution in [2.75, 3.05) is 0 Å². The molecule has 0 aliphatic carbocycles. The Hall–Kier alpha value is -1.46. The largest absolute Gasteiger partial charge is 0.455 e. The van der Waals surface area contributed by atoms with Gasteiger partial charge in [-0.05, 0) is 28.9 Å². The third-order valence-corrected chi connectivity index (χ3v) is 3.12. The van der Waals surface area contributed by atoms with Crippen molar-refractivity contribution < 1.29 is 4.74 Å². The number of halogens is 1. The van der Waals surface area contributed by atoms with E-state index in [1.165, 1.54) is 0 Å². The van der Waals surface area contributed by atoms with E-state index in [4.69, 9.17) is 4.74 Å². The highest BCUT2D eigenvalue weighted by Gasteiger charge is 2.08. The summed E-state index contributed by atoms with van der Waals surface area (Å²) in [5.41, 5.74) is 1.96. The fraction of sp³-hybridized carbons (Fsp3) is 0.333. The lowest BCUT2D eigenvalue weighted by Crippen LogP contribution is -2.22. The Morgan fingerprint density at radius 1 is 1.25 bits per heavy atom. The number of aromatic nitrogens is 2. The van der Waals surface area contributed by atoms with Crippen LogP contribution in [-0.2, 0) is 6.54 Å². The van der Waals surface area contributed by atoms with Crippen molar-refractivity contribution in [1.82, 2.24) is 15.3 Å². The van der Waals surface area contributed by atoms with Gasteiger partial charge in [-0.2, -0.15) is 0 Å². The fourth-order valence-electron chi connectivity index (χ4n) is 1.68. The maximum absolute atomic E-state index is 5.93. The number of nitrogens with one attached hydrogen (secondary N) is 1. The van der Waals surface area contributed by atoms with E-state index in [0.29, 0.717) is 11.8 Å². The van der Waals surface area contributed by atoms with E-state index < -0.39 is 0 Å². The molecule has 0 unspecified atom stereocenters. The minimum absolute atomic E-state index is 0.414. The van der Waals surface area contributed by atoms with E-state index in [1.807, 2.05) is 25.3 Å². The Bertz CT molecular complexity index is 587. The summed E-state index contributed by atoms with van der Waals surface area (Å²) in [7, 11) is 0. The highest BCUT2D eigenvalue weighted by Crippen LogP contribution is 2.26. The molecule has 0 atom stereocenters. The SMILES string of the molecule is Cc1cc(Oc2cncc(Br)c2)c(CNC(C)C)cn1. The summed E-state index contributed by atoms with van der Waals surface area (Å²) in [6, 6.07) is 4.25. The number of rotatable bonds is 5. The second-order valence-electron chi connectivity index (χ2n) is 4.91. The van der Waals surface area contributed by atoms with Gasteiger partial charge in [0, 0.05) is 46.8 Å². The van der Waals surface area contributed by atoms with Crippen LogP contribution in [0.25, 0.3) is 0 Å². The zero-order valence-electron chi connectivity index (χ0n) is 11.9. The van der Waals surface area contributed by atoms with Crippen molar-refractivity contribution in [1.29, 1.82) is 0 Å². The van der Waals surface area contributed by atoms with E-state index in [9.17, 15) is 0 Å². The monoisotopic (exact) mass is 335 g/mol. The van der Waals surface area contributed by atoms with Crippen LogP contribution in [0.3, 0.4) is 0 Å². The van der Waals surface area contributed by atoms with Gasteiger partial charge in [-0.1, -0.05) is 13.8 Å². The standard InChI is InChI=1S/C15H18BrN3O/c1-10(2)18-6-12-7-19-11(3)4-15(12)20-14-5-13(16)8-17-9-14/h4-5,7-10,18H,6H2,1-3H3. The van der Waals surface area contributed by atoms with E-state index in [-0.39, 0.29) is 0 Å². The van der Waals surface area contributed by atoms with Crippen molar-refractivity contribution in [3.63, 3.8) is 0 Å². The molecule has 5 heteroatoms. The molecule has 0 radical (unpaired) electrons. The average molecular weight is 336 g/mol. The average Bonchev–Trinajstić information content (AvgIpc) is 2.37. The molecule has 2 heterocycles. The summed E-state index contributed by atoms with van der Waals surface area (Å²) in [4.78, 5) is 8.44. The number of nitrogens with zero attached hydrogens (tertiary/aromatic N) is 2. The molecular formula is C15H18BrN3O. The summed E-state index contributed by atoms with van der Waals surface area (Å²) >= 11 is 3.39. The first kappa shape index (κ1) is 14.9. The number of pyridine rings is 2. The van der Waals surface area contributed by atoms with E-state index in [1.54, 1.807) is 12.4 Å². The number of ether oxygens (including phenoxy) is 1. The van der Waals surface area contributed by atoms with E-state index in [0.717, 1.165) is 28.0 Å². The second kappa shape index (κ2) is 6.81. The van der Waals surface area contributed by atoms with Crippen LogP contribution in [-0.4, -0.2) is 16.0 Å². The molecule has 0 saturated carbocycles. The molecule has 0 fully saturated rings. The first-order valence-corrected chi connectivity index (χ1v) is 7.31. The quantitative estimate of drug-likeness (QED) is 0.901.